The number of benzene rings is 1. The van der Waals surface area contributed by atoms with Crippen LogP contribution < -0.4 is 15.5 Å². The van der Waals surface area contributed by atoms with Gasteiger partial charge < -0.3 is 20.3 Å². The zero-order chi connectivity index (χ0) is 20.3. The first-order valence-electron chi connectivity index (χ1n) is 10.8. The maximum Gasteiger partial charge on any atom is 0.157 e. The molecule has 5 rings (SSSR count). The van der Waals surface area contributed by atoms with E-state index in [-0.39, 0.29) is 0 Å². The molecule has 3 aromatic rings. The average Bonchev–Trinajstić information content (AvgIpc) is 2.84. The summed E-state index contributed by atoms with van der Waals surface area (Å²) in [7, 11) is 0. The highest BCUT2D eigenvalue weighted by molar-refractivity contribution is 5.89. The minimum atomic E-state index is 0.606. The van der Waals surface area contributed by atoms with E-state index in [2.05, 4.69) is 44.0 Å². The monoisotopic (exact) mass is 404 g/mol. The number of piperidine rings is 1. The molecule has 2 saturated heterocycles. The van der Waals surface area contributed by atoms with Crippen molar-refractivity contribution in [2.24, 2.45) is 11.7 Å². The Hall–Kier alpha value is -2.77. The van der Waals surface area contributed by atoms with Gasteiger partial charge in [0, 0.05) is 49.8 Å². The Labute approximate surface area is 176 Å². The van der Waals surface area contributed by atoms with Crippen molar-refractivity contribution in [3.63, 3.8) is 0 Å². The molecular weight excluding hydrogens is 376 g/mol. The van der Waals surface area contributed by atoms with Crippen LogP contribution in [-0.2, 0) is 4.74 Å². The van der Waals surface area contributed by atoms with Crippen molar-refractivity contribution in [3.8, 4) is 11.3 Å². The number of nitrogens with zero attached hydrogens (tertiary/aromatic N) is 5. The number of rotatable bonds is 4. The lowest BCUT2D eigenvalue weighted by atomic mass is 9.97. The molecule has 0 aliphatic carbocycles. The van der Waals surface area contributed by atoms with E-state index >= 15 is 0 Å². The SMILES string of the molecule is NCC1CCN(c2nc(-c3ccc(N4CCOCC4)cc3)cc3nccnc23)CC1. The Morgan fingerprint density at radius 2 is 1.67 bits per heavy atom. The molecule has 0 amide bonds. The predicted molar refractivity (Wildman–Crippen MR) is 120 cm³/mol. The molecule has 2 aromatic heterocycles. The summed E-state index contributed by atoms with van der Waals surface area (Å²) in [4.78, 5) is 18.9. The summed E-state index contributed by atoms with van der Waals surface area (Å²) in [5, 5.41) is 0. The largest absolute Gasteiger partial charge is 0.378 e. The first-order chi connectivity index (χ1) is 14.8. The Morgan fingerprint density at radius 1 is 0.933 bits per heavy atom. The van der Waals surface area contributed by atoms with Gasteiger partial charge >= 0.3 is 0 Å². The molecule has 30 heavy (non-hydrogen) atoms. The molecule has 2 N–H and O–H groups in total. The first-order valence-corrected chi connectivity index (χ1v) is 10.8. The molecule has 2 aliphatic heterocycles. The molecule has 0 bridgehead atoms. The van der Waals surface area contributed by atoms with E-state index in [1.54, 1.807) is 12.4 Å². The van der Waals surface area contributed by atoms with Crippen molar-refractivity contribution in [2.45, 2.75) is 12.8 Å². The number of aromatic nitrogens is 3. The topological polar surface area (TPSA) is 80.4 Å². The Balaban J connectivity index is 1.47. The van der Waals surface area contributed by atoms with E-state index in [1.165, 1.54) is 5.69 Å². The quantitative estimate of drug-likeness (QED) is 0.716. The number of pyridine rings is 1. The predicted octanol–water partition coefficient (Wildman–Crippen LogP) is 2.70. The van der Waals surface area contributed by atoms with E-state index < -0.39 is 0 Å². The zero-order valence-electron chi connectivity index (χ0n) is 17.2. The highest BCUT2D eigenvalue weighted by Crippen LogP contribution is 2.31. The molecule has 2 aliphatic rings. The van der Waals surface area contributed by atoms with Crippen molar-refractivity contribution >= 4 is 22.5 Å². The van der Waals surface area contributed by atoms with Crippen molar-refractivity contribution in [1.82, 2.24) is 15.0 Å². The lowest BCUT2D eigenvalue weighted by molar-refractivity contribution is 0.122. The summed E-state index contributed by atoms with van der Waals surface area (Å²) < 4.78 is 5.46. The molecule has 0 unspecified atom stereocenters. The van der Waals surface area contributed by atoms with Gasteiger partial charge in [0.05, 0.1) is 24.4 Å². The van der Waals surface area contributed by atoms with Crippen LogP contribution in [0.4, 0.5) is 11.5 Å². The van der Waals surface area contributed by atoms with Gasteiger partial charge in [0.15, 0.2) is 5.82 Å². The van der Waals surface area contributed by atoms with Crippen LogP contribution in [0.1, 0.15) is 12.8 Å². The minimum Gasteiger partial charge on any atom is -0.378 e. The van der Waals surface area contributed by atoms with Crippen LogP contribution >= 0.6 is 0 Å². The van der Waals surface area contributed by atoms with Crippen molar-refractivity contribution in [3.05, 3.63) is 42.7 Å². The van der Waals surface area contributed by atoms with Gasteiger partial charge in [0.25, 0.3) is 0 Å². The van der Waals surface area contributed by atoms with E-state index in [0.717, 1.165) is 86.9 Å². The van der Waals surface area contributed by atoms with Crippen LogP contribution in [0.2, 0.25) is 0 Å². The maximum atomic E-state index is 5.88. The van der Waals surface area contributed by atoms with Gasteiger partial charge in [0.2, 0.25) is 0 Å². The van der Waals surface area contributed by atoms with Crippen LogP contribution in [0.5, 0.6) is 0 Å². The third-order valence-electron chi connectivity index (χ3n) is 6.22. The van der Waals surface area contributed by atoms with Gasteiger partial charge in [-0.1, -0.05) is 12.1 Å². The zero-order valence-corrected chi connectivity index (χ0v) is 17.2. The molecule has 0 radical (unpaired) electrons. The van der Waals surface area contributed by atoms with Crippen LogP contribution in [-0.4, -0.2) is 60.9 Å². The summed E-state index contributed by atoms with van der Waals surface area (Å²) in [5.41, 5.74) is 10.9. The molecule has 0 atom stereocenters. The van der Waals surface area contributed by atoms with Crippen molar-refractivity contribution in [2.75, 3.05) is 55.7 Å². The number of nitrogens with two attached hydrogens (primary N) is 1. The molecule has 4 heterocycles. The van der Waals surface area contributed by atoms with Crippen molar-refractivity contribution in [1.29, 1.82) is 0 Å². The first kappa shape index (κ1) is 19.2. The Kier molecular flexibility index (Phi) is 5.46. The van der Waals surface area contributed by atoms with Crippen LogP contribution in [0.25, 0.3) is 22.3 Å². The summed E-state index contributed by atoms with van der Waals surface area (Å²) >= 11 is 0. The lowest BCUT2D eigenvalue weighted by Gasteiger charge is -2.32. The van der Waals surface area contributed by atoms with Crippen LogP contribution in [0.15, 0.2) is 42.7 Å². The number of fused-ring (bicyclic) bond motifs is 1. The van der Waals surface area contributed by atoms with Gasteiger partial charge in [0.1, 0.15) is 5.52 Å². The summed E-state index contributed by atoms with van der Waals surface area (Å²) in [5.74, 6) is 1.54. The standard InChI is InChI=1S/C23H28N6O/c24-16-17-5-9-29(10-6-17)23-22-21(25-7-8-26-22)15-20(27-23)18-1-3-19(4-2-18)28-11-13-30-14-12-28/h1-4,7-8,15,17H,5-6,9-14,16,24H2. The Bertz CT molecular complexity index is 994. The summed E-state index contributed by atoms with van der Waals surface area (Å²) in [6.45, 7) is 6.13. The van der Waals surface area contributed by atoms with Crippen LogP contribution in [0, 0.1) is 5.92 Å². The third-order valence-corrected chi connectivity index (χ3v) is 6.22. The molecule has 1 aromatic carbocycles. The smallest absolute Gasteiger partial charge is 0.157 e. The number of morpholine rings is 1. The van der Waals surface area contributed by atoms with E-state index in [1.807, 2.05) is 6.07 Å². The summed E-state index contributed by atoms with van der Waals surface area (Å²) in [6, 6.07) is 10.7. The molecule has 7 heteroatoms. The molecule has 0 spiro atoms. The maximum absolute atomic E-state index is 5.88. The molecule has 7 nitrogen and oxygen atoms in total. The van der Waals surface area contributed by atoms with Gasteiger partial charge in [-0.25, -0.2) is 9.97 Å². The second-order valence-electron chi connectivity index (χ2n) is 8.07. The van der Waals surface area contributed by atoms with Crippen LogP contribution in [0.3, 0.4) is 0 Å². The van der Waals surface area contributed by atoms with Gasteiger partial charge in [-0.2, -0.15) is 0 Å². The number of hydrogen-bond donors (Lipinski definition) is 1. The highest BCUT2D eigenvalue weighted by atomic mass is 16.5. The van der Waals surface area contributed by atoms with E-state index in [4.69, 9.17) is 15.5 Å². The van der Waals surface area contributed by atoms with Gasteiger partial charge in [-0.05, 0) is 43.5 Å². The van der Waals surface area contributed by atoms with Gasteiger partial charge in [-0.15, -0.1) is 0 Å². The normalized spacial score (nSPS) is 18.2. The number of hydrogen-bond acceptors (Lipinski definition) is 7. The fraction of sp³-hybridized carbons (Fsp3) is 0.435. The fourth-order valence-electron chi connectivity index (χ4n) is 4.37. The number of anilines is 2. The lowest BCUT2D eigenvalue weighted by Crippen LogP contribution is -2.36. The molecular formula is C23H28N6O. The van der Waals surface area contributed by atoms with E-state index in [9.17, 15) is 0 Å². The third kappa shape index (κ3) is 3.82. The highest BCUT2D eigenvalue weighted by Gasteiger charge is 2.22. The van der Waals surface area contributed by atoms with E-state index in [0.29, 0.717) is 5.92 Å². The minimum absolute atomic E-state index is 0.606. The second kappa shape index (κ2) is 8.53. The average molecular weight is 405 g/mol. The summed E-state index contributed by atoms with van der Waals surface area (Å²) in [6.07, 6.45) is 5.69. The second-order valence-corrected chi connectivity index (χ2v) is 8.07. The number of ether oxygens (including phenoxy) is 1. The Morgan fingerprint density at radius 3 is 2.40 bits per heavy atom. The fourth-order valence-corrected chi connectivity index (χ4v) is 4.37. The van der Waals surface area contributed by atoms with Crippen molar-refractivity contribution < 1.29 is 4.74 Å². The molecule has 0 saturated carbocycles. The molecule has 156 valence electrons. The van der Waals surface area contributed by atoms with Gasteiger partial charge in [-0.3, -0.25) is 4.98 Å². The molecule has 2 fully saturated rings.